The number of halogens is 1. The first kappa shape index (κ1) is 24.1. The van der Waals surface area contributed by atoms with Crippen LogP contribution in [-0.4, -0.2) is 43.0 Å². The van der Waals surface area contributed by atoms with Crippen LogP contribution in [0.1, 0.15) is 43.3 Å². The van der Waals surface area contributed by atoms with Crippen molar-refractivity contribution in [3.8, 4) is 0 Å². The summed E-state index contributed by atoms with van der Waals surface area (Å²) in [5, 5.41) is 10.5. The highest BCUT2D eigenvalue weighted by molar-refractivity contribution is 14.0. The van der Waals surface area contributed by atoms with Crippen LogP contribution in [0.3, 0.4) is 0 Å². The normalized spacial score (nSPS) is 11.7. The molecule has 3 N–H and O–H groups in total. The molecule has 0 aromatic carbocycles. The topological polar surface area (TPSA) is 78.4 Å². The molecule has 1 amide bonds. The lowest BCUT2D eigenvalue weighted by Gasteiger charge is -2.18. The quantitative estimate of drug-likeness (QED) is 0.242. The van der Waals surface area contributed by atoms with Gasteiger partial charge in [-0.3, -0.25) is 9.79 Å². The molecular weight excluding hydrogens is 449 g/mol. The fraction of sp³-hybridized carbons (Fsp3) is 0.706. The van der Waals surface area contributed by atoms with E-state index in [1.165, 1.54) is 4.88 Å². The van der Waals surface area contributed by atoms with Gasteiger partial charge in [0.05, 0.1) is 10.7 Å². The summed E-state index contributed by atoms with van der Waals surface area (Å²) in [6.07, 6.45) is 0.844. The van der Waals surface area contributed by atoms with E-state index < -0.39 is 0 Å². The number of nitrogens with one attached hydrogen (secondary N) is 3. The van der Waals surface area contributed by atoms with Crippen molar-refractivity contribution in [1.82, 2.24) is 20.9 Å². The first-order valence-corrected chi connectivity index (χ1v) is 9.29. The fourth-order valence-electron chi connectivity index (χ4n) is 1.87. The van der Waals surface area contributed by atoms with Crippen LogP contribution in [0.2, 0.25) is 0 Å². The van der Waals surface area contributed by atoms with Gasteiger partial charge in [-0.2, -0.15) is 0 Å². The Kier molecular flexibility index (Phi) is 11.2. The van der Waals surface area contributed by atoms with E-state index in [0.29, 0.717) is 19.6 Å². The van der Waals surface area contributed by atoms with Gasteiger partial charge in [0.1, 0.15) is 0 Å². The van der Waals surface area contributed by atoms with E-state index in [9.17, 15) is 4.79 Å². The molecule has 1 aromatic heterocycles. The van der Waals surface area contributed by atoms with Crippen LogP contribution >= 0.6 is 35.3 Å². The zero-order valence-corrected chi connectivity index (χ0v) is 19.3. The molecule has 0 unspecified atom stereocenters. The Morgan fingerprint density at radius 1 is 1.16 bits per heavy atom. The monoisotopic (exact) mass is 481 g/mol. The molecule has 25 heavy (non-hydrogen) atoms. The molecule has 1 rings (SSSR count). The molecule has 144 valence electrons. The van der Waals surface area contributed by atoms with Crippen LogP contribution < -0.4 is 16.0 Å². The summed E-state index contributed by atoms with van der Waals surface area (Å²) in [4.78, 5) is 22.2. The SMILES string of the molecule is CCNC(=NCCc1nc(C)c(C)s1)NCCNC(=O)C(C)(C)C.I. The van der Waals surface area contributed by atoms with Crippen molar-refractivity contribution in [3.05, 3.63) is 15.6 Å². The molecule has 0 spiro atoms. The van der Waals surface area contributed by atoms with Crippen LogP contribution in [0.5, 0.6) is 0 Å². The predicted molar refractivity (Wildman–Crippen MR) is 117 cm³/mol. The molecule has 0 saturated carbocycles. The van der Waals surface area contributed by atoms with Crippen molar-refractivity contribution in [2.45, 2.75) is 48.0 Å². The van der Waals surface area contributed by atoms with Crippen molar-refractivity contribution in [1.29, 1.82) is 0 Å². The lowest BCUT2D eigenvalue weighted by Crippen LogP contribution is -2.43. The summed E-state index contributed by atoms with van der Waals surface area (Å²) < 4.78 is 0. The fourth-order valence-corrected chi connectivity index (χ4v) is 2.80. The summed E-state index contributed by atoms with van der Waals surface area (Å²) in [6, 6.07) is 0. The lowest BCUT2D eigenvalue weighted by atomic mass is 9.96. The van der Waals surface area contributed by atoms with Crippen molar-refractivity contribution in [3.63, 3.8) is 0 Å². The lowest BCUT2D eigenvalue weighted by molar-refractivity contribution is -0.128. The highest BCUT2D eigenvalue weighted by atomic mass is 127. The Morgan fingerprint density at radius 3 is 2.32 bits per heavy atom. The van der Waals surface area contributed by atoms with Gasteiger partial charge < -0.3 is 16.0 Å². The molecular formula is C17H32IN5OS. The maximum atomic E-state index is 11.8. The average molecular weight is 481 g/mol. The van der Waals surface area contributed by atoms with Gasteiger partial charge >= 0.3 is 0 Å². The minimum absolute atomic E-state index is 0. The molecule has 1 aromatic rings. The van der Waals surface area contributed by atoms with Gasteiger partial charge in [0.2, 0.25) is 5.91 Å². The average Bonchev–Trinajstić information content (AvgIpc) is 2.80. The Balaban J connectivity index is 0.00000576. The predicted octanol–water partition coefficient (Wildman–Crippen LogP) is 2.64. The summed E-state index contributed by atoms with van der Waals surface area (Å²) in [7, 11) is 0. The van der Waals surface area contributed by atoms with Gasteiger partial charge in [0.15, 0.2) is 5.96 Å². The number of carbonyl (C=O) groups excluding carboxylic acids is 1. The maximum absolute atomic E-state index is 11.8. The van der Waals surface area contributed by atoms with E-state index >= 15 is 0 Å². The second-order valence-corrected chi connectivity index (χ2v) is 7.98. The van der Waals surface area contributed by atoms with Gasteiger partial charge in [-0.15, -0.1) is 35.3 Å². The summed E-state index contributed by atoms with van der Waals surface area (Å²) in [5.41, 5.74) is 0.751. The van der Waals surface area contributed by atoms with Crippen LogP contribution in [0, 0.1) is 19.3 Å². The largest absolute Gasteiger partial charge is 0.357 e. The van der Waals surface area contributed by atoms with Crippen molar-refractivity contribution in [2.75, 3.05) is 26.2 Å². The number of aryl methyl sites for hydroxylation is 2. The second-order valence-electron chi connectivity index (χ2n) is 6.69. The van der Waals surface area contributed by atoms with E-state index in [-0.39, 0.29) is 35.3 Å². The number of nitrogens with zero attached hydrogens (tertiary/aromatic N) is 2. The first-order chi connectivity index (χ1) is 11.2. The molecule has 1 heterocycles. The van der Waals surface area contributed by atoms with Gasteiger partial charge in [0.25, 0.3) is 0 Å². The molecule has 6 nitrogen and oxygen atoms in total. The molecule has 0 radical (unpaired) electrons. The number of aromatic nitrogens is 1. The van der Waals surface area contributed by atoms with Crippen LogP contribution in [0.4, 0.5) is 0 Å². The van der Waals surface area contributed by atoms with E-state index in [1.807, 2.05) is 34.6 Å². The molecule has 0 aliphatic heterocycles. The molecule has 0 aliphatic rings. The smallest absolute Gasteiger partial charge is 0.225 e. The van der Waals surface area contributed by atoms with E-state index in [4.69, 9.17) is 0 Å². The third kappa shape index (κ3) is 9.39. The minimum atomic E-state index is -0.359. The maximum Gasteiger partial charge on any atom is 0.225 e. The molecule has 8 heteroatoms. The van der Waals surface area contributed by atoms with Crippen molar-refractivity contribution >= 4 is 47.2 Å². The number of hydrogen-bond acceptors (Lipinski definition) is 4. The van der Waals surface area contributed by atoms with E-state index in [1.54, 1.807) is 11.3 Å². The van der Waals surface area contributed by atoms with E-state index in [2.05, 4.69) is 32.9 Å². The standard InChI is InChI=1S/C17H31N5OS.HI/c1-7-18-16(21-11-10-19-15(23)17(4,5)6)20-9-8-14-22-12(2)13(3)24-14;/h7-11H2,1-6H3,(H,19,23)(H2,18,20,21);1H. The number of rotatable bonds is 7. The zero-order chi connectivity index (χ0) is 18.2. The molecule has 0 aliphatic carbocycles. The van der Waals surface area contributed by atoms with Gasteiger partial charge in [-0.05, 0) is 20.8 Å². The van der Waals surface area contributed by atoms with Crippen LogP contribution in [0.25, 0.3) is 0 Å². The Labute approximate surface area is 172 Å². The third-order valence-corrected chi connectivity index (χ3v) is 4.53. The third-order valence-electron chi connectivity index (χ3n) is 3.40. The summed E-state index contributed by atoms with van der Waals surface area (Å²) in [6.45, 7) is 14.6. The number of thiazole rings is 1. The van der Waals surface area contributed by atoms with Gasteiger partial charge in [-0.1, -0.05) is 20.8 Å². The number of aliphatic imine (C=N–C) groups is 1. The van der Waals surface area contributed by atoms with Crippen LogP contribution in [0.15, 0.2) is 4.99 Å². The van der Waals surface area contributed by atoms with Crippen molar-refractivity contribution in [2.24, 2.45) is 10.4 Å². The Bertz CT molecular complexity index is 546. The Morgan fingerprint density at radius 2 is 1.80 bits per heavy atom. The molecule has 0 atom stereocenters. The number of guanidine groups is 1. The number of amides is 1. The first-order valence-electron chi connectivity index (χ1n) is 8.47. The number of hydrogen-bond donors (Lipinski definition) is 3. The van der Waals surface area contributed by atoms with Crippen LogP contribution in [-0.2, 0) is 11.2 Å². The minimum Gasteiger partial charge on any atom is -0.357 e. The highest BCUT2D eigenvalue weighted by Crippen LogP contribution is 2.16. The molecule has 0 bridgehead atoms. The Hall–Kier alpha value is -0.900. The summed E-state index contributed by atoms with van der Waals surface area (Å²) in [5.74, 6) is 0.827. The summed E-state index contributed by atoms with van der Waals surface area (Å²) >= 11 is 1.74. The van der Waals surface area contributed by atoms with E-state index in [0.717, 1.165) is 29.6 Å². The zero-order valence-electron chi connectivity index (χ0n) is 16.2. The van der Waals surface area contributed by atoms with Gasteiger partial charge in [-0.25, -0.2) is 4.98 Å². The highest BCUT2D eigenvalue weighted by Gasteiger charge is 2.20. The number of carbonyl (C=O) groups is 1. The molecule has 0 fully saturated rings. The van der Waals surface area contributed by atoms with Crippen molar-refractivity contribution < 1.29 is 4.79 Å². The van der Waals surface area contributed by atoms with Gasteiger partial charge in [0, 0.05) is 42.9 Å². The second kappa shape index (κ2) is 11.7. The molecule has 0 saturated heterocycles.